The van der Waals surface area contributed by atoms with Crippen molar-refractivity contribution in [2.45, 2.75) is 12.6 Å². The lowest BCUT2D eigenvalue weighted by Crippen LogP contribution is -2.49. The number of nitrogens with two attached hydrogens (primary N) is 1. The Morgan fingerprint density at radius 1 is 1.19 bits per heavy atom. The molecule has 0 unspecified atom stereocenters. The van der Waals surface area contributed by atoms with Gasteiger partial charge in [0, 0.05) is 37.6 Å². The van der Waals surface area contributed by atoms with Crippen LogP contribution in [0.4, 0.5) is 24.5 Å². The van der Waals surface area contributed by atoms with Gasteiger partial charge in [0.05, 0.1) is 19.0 Å². The minimum atomic E-state index is -4.15. The van der Waals surface area contributed by atoms with Gasteiger partial charge in [-0.1, -0.05) is 0 Å². The number of piperazine rings is 1. The molecular weight excluding hydrogens is 281 g/mol. The monoisotopic (exact) mass is 298 g/mol. The van der Waals surface area contributed by atoms with Gasteiger partial charge in [0.15, 0.2) is 0 Å². The summed E-state index contributed by atoms with van der Waals surface area (Å²) in [6, 6.07) is 7.48. The van der Waals surface area contributed by atoms with Crippen LogP contribution in [0, 0.1) is 11.3 Å². The molecule has 2 rings (SSSR count). The maximum atomic E-state index is 12.3. The first-order chi connectivity index (χ1) is 9.89. The summed E-state index contributed by atoms with van der Waals surface area (Å²) in [5.41, 5.74) is 8.02. The molecule has 1 aromatic rings. The zero-order valence-corrected chi connectivity index (χ0v) is 11.5. The van der Waals surface area contributed by atoms with Crippen LogP contribution in [0.1, 0.15) is 5.56 Å². The third kappa shape index (κ3) is 4.26. The van der Waals surface area contributed by atoms with Crippen LogP contribution in [0.15, 0.2) is 18.2 Å². The zero-order valence-electron chi connectivity index (χ0n) is 11.5. The van der Waals surface area contributed by atoms with E-state index in [-0.39, 0.29) is 6.42 Å². The van der Waals surface area contributed by atoms with Crippen molar-refractivity contribution in [1.29, 1.82) is 5.26 Å². The molecule has 1 fully saturated rings. The predicted octanol–water partition coefficient (Wildman–Crippen LogP) is 2.02. The number of nitriles is 1. The Bertz CT molecular complexity index is 528. The lowest BCUT2D eigenvalue weighted by Gasteiger charge is -2.36. The highest BCUT2D eigenvalue weighted by Gasteiger charge is 2.32. The molecule has 114 valence electrons. The van der Waals surface area contributed by atoms with Gasteiger partial charge in [-0.25, -0.2) is 0 Å². The predicted molar refractivity (Wildman–Crippen MR) is 74.9 cm³/mol. The number of anilines is 2. The fourth-order valence-electron chi connectivity index (χ4n) is 2.44. The number of halogens is 3. The molecule has 21 heavy (non-hydrogen) atoms. The molecule has 1 aliphatic heterocycles. The van der Waals surface area contributed by atoms with E-state index in [4.69, 9.17) is 11.0 Å². The van der Waals surface area contributed by atoms with Gasteiger partial charge in [-0.3, -0.25) is 4.90 Å². The Kier molecular flexibility index (Phi) is 4.58. The van der Waals surface area contributed by atoms with Crippen molar-refractivity contribution in [2.24, 2.45) is 0 Å². The molecular formula is C14H17F3N4. The fourth-order valence-corrected chi connectivity index (χ4v) is 2.44. The fraction of sp³-hybridized carbons (Fsp3) is 0.500. The molecule has 0 atom stereocenters. The maximum Gasteiger partial charge on any atom is 0.401 e. The van der Waals surface area contributed by atoms with E-state index >= 15 is 0 Å². The SMILES string of the molecule is N#CCc1cc(N2CCN(CC(F)(F)F)CC2)ccc1N. The van der Waals surface area contributed by atoms with Crippen LogP contribution in [0.2, 0.25) is 0 Å². The van der Waals surface area contributed by atoms with E-state index in [9.17, 15) is 13.2 Å². The minimum Gasteiger partial charge on any atom is -0.398 e. The summed E-state index contributed by atoms with van der Waals surface area (Å²) in [7, 11) is 0. The van der Waals surface area contributed by atoms with E-state index in [1.54, 1.807) is 6.07 Å². The smallest absolute Gasteiger partial charge is 0.398 e. The summed E-state index contributed by atoms with van der Waals surface area (Å²) >= 11 is 0. The van der Waals surface area contributed by atoms with E-state index in [0.717, 1.165) is 11.3 Å². The van der Waals surface area contributed by atoms with Gasteiger partial charge in [-0.15, -0.1) is 0 Å². The Balaban J connectivity index is 1.99. The second-order valence-electron chi connectivity index (χ2n) is 5.10. The van der Waals surface area contributed by atoms with Gasteiger partial charge in [0.25, 0.3) is 0 Å². The molecule has 0 aliphatic carbocycles. The number of rotatable bonds is 3. The Labute approximate surface area is 121 Å². The lowest BCUT2D eigenvalue weighted by molar-refractivity contribution is -0.146. The van der Waals surface area contributed by atoms with Crippen LogP contribution in [0.3, 0.4) is 0 Å². The standard InChI is InChI=1S/C14H17F3N4/c15-14(16,17)10-20-5-7-21(8-6-20)12-1-2-13(19)11(9-12)3-4-18/h1-2,9H,3,5-8,10,19H2. The number of hydrogen-bond acceptors (Lipinski definition) is 4. The molecule has 0 saturated carbocycles. The molecule has 0 radical (unpaired) electrons. The first kappa shape index (κ1) is 15.4. The van der Waals surface area contributed by atoms with Gasteiger partial charge >= 0.3 is 6.18 Å². The largest absolute Gasteiger partial charge is 0.401 e. The number of alkyl halides is 3. The molecule has 1 aromatic carbocycles. The van der Waals surface area contributed by atoms with Crippen LogP contribution in [0.5, 0.6) is 0 Å². The zero-order chi connectivity index (χ0) is 15.5. The summed E-state index contributed by atoms with van der Waals surface area (Å²) in [6.07, 6.45) is -3.92. The van der Waals surface area contributed by atoms with Crippen molar-refractivity contribution in [3.63, 3.8) is 0 Å². The maximum absolute atomic E-state index is 12.3. The summed E-state index contributed by atoms with van der Waals surface area (Å²) in [5.74, 6) is 0. The Morgan fingerprint density at radius 3 is 2.43 bits per heavy atom. The second-order valence-corrected chi connectivity index (χ2v) is 5.10. The second kappa shape index (κ2) is 6.22. The quantitative estimate of drug-likeness (QED) is 0.867. The first-order valence-corrected chi connectivity index (χ1v) is 6.68. The van der Waals surface area contributed by atoms with Crippen LogP contribution < -0.4 is 10.6 Å². The summed E-state index contributed by atoms with van der Waals surface area (Å²) in [6.45, 7) is 0.954. The van der Waals surface area contributed by atoms with E-state index in [1.165, 1.54) is 4.90 Å². The average molecular weight is 298 g/mol. The van der Waals surface area contributed by atoms with Gasteiger partial charge in [-0.05, 0) is 23.8 Å². The van der Waals surface area contributed by atoms with Gasteiger partial charge in [0.1, 0.15) is 0 Å². The van der Waals surface area contributed by atoms with E-state index in [1.807, 2.05) is 17.0 Å². The summed E-state index contributed by atoms with van der Waals surface area (Å²) in [4.78, 5) is 3.43. The first-order valence-electron chi connectivity index (χ1n) is 6.68. The molecule has 1 aliphatic rings. The highest BCUT2D eigenvalue weighted by molar-refractivity contribution is 5.59. The van der Waals surface area contributed by atoms with Gasteiger partial charge < -0.3 is 10.6 Å². The molecule has 0 bridgehead atoms. The van der Waals surface area contributed by atoms with E-state index in [2.05, 4.69) is 6.07 Å². The molecule has 1 heterocycles. The van der Waals surface area contributed by atoms with Crippen molar-refractivity contribution in [1.82, 2.24) is 4.90 Å². The molecule has 7 heteroatoms. The number of benzene rings is 1. The Hall–Kier alpha value is -1.94. The number of nitrogens with zero attached hydrogens (tertiary/aromatic N) is 3. The molecule has 0 amide bonds. The van der Waals surface area contributed by atoms with Crippen LogP contribution >= 0.6 is 0 Å². The normalized spacial score (nSPS) is 16.8. The average Bonchev–Trinajstić information content (AvgIpc) is 2.41. The minimum absolute atomic E-state index is 0.230. The molecule has 4 nitrogen and oxygen atoms in total. The van der Waals surface area contributed by atoms with Gasteiger partial charge in [0.2, 0.25) is 0 Å². The van der Waals surface area contributed by atoms with Gasteiger partial charge in [-0.2, -0.15) is 18.4 Å². The van der Waals surface area contributed by atoms with E-state index < -0.39 is 12.7 Å². The molecule has 0 aromatic heterocycles. The number of nitrogen functional groups attached to an aromatic ring is 1. The third-order valence-corrected chi connectivity index (χ3v) is 3.54. The van der Waals surface area contributed by atoms with Crippen LogP contribution in [-0.2, 0) is 6.42 Å². The topological polar surface area (TPSA) is 56.3 Å². The van der Waals surface area contributed by atoms with Crippen molar-refractivity contribution < 1.29 is 13.2 Å². The highest BCUT2D eigenvalue weighted by Crippen LogP contribution is 2.24. The third-order valence-electron chi connectivity index (χ3n) is 3.54. The summed E-state index contributed by atoms with van der Waals surface area (Å²) < 4.78 is 37.0. The highest BCUT2D eigenvalue weighted by atomic mass is 19.4. The van der Waals surface area contributed by atoms with E-state index in [0.29, 0.717) is 31.9 Å². The van der Waals surface area contributed by atoms with Crippen molar-refractivity contribution >= 4 is 11.4 Å². The van der Waals surface area contributed by atoms with Crippen LogP contribution in [0.25, 0.3) is 0 Å². The number of hydrogen-bond donors (Lipinski definition) is 1. The van der Waals surface area contributed by atoms with Crippen molar-refractivity contribution in [3.8, 4) is 6.07 Å². The molecule has 1 saturated heterocycles. The summed E-state index contributed by atoms with van der Waals surface area (Å²) in [5, 5.41) is 8.76. The van der Waals surface area contributed by atoms with Crippen LogP contribution in [-0.4, -0.2) is 43.8 Å². The molecule has 2 N–H and O–H groups in total. The Morgan fingerprint density at radius 2 is 1.86 bits per heavy atom. The lowest BCUT2D eigenvalue weighted by atomic mass is 10.1. The van der Waals surface area contributed by atoms with Crippen molar-refractivity contribution in [3.05, 3.63) is 23.8 Å². The molecule has 0 spiro atoms. The van der Waals surface area contributed by atoms with Crippen molar-refractivity contribution in [2.75, 3.05) is 43.4 Å².